The third kappa shape index (κ3) is 3.70. The summed E-state index contributed by atoms with van der Waals surface area (Å²) in [6.45, 7) is 5.60. The van der Waals surface area contributed by atoms with Crippen LogP contribution in [0.4, 0.5) is 0 Å². The molecule has 1 aliphatic carbocycles. The van der Waals surface area contributed by atoms with Crippen molar-refractivity contribution in [2.75, 3.05) is 6.54 Å². The molecule has 0 radical (unpaired) electrons. The second-order valence-corrected chi connectivity index (χ2v) is 6.12. The highest BCUT2D eigenvalue weighted by Gasteiger charge is 2.19. The largest absolute Gasteiger partial charge is 0.506 e. The molecule has 0 bridgehead atoms. The van der Waals surface area contributed by atoms with Crippen molar-refractivity contribution in [2.24, 2.45) is 11.8 Å². The molecule has 4 nitrogen and oxygen atoms in total. The quantitative estimate of drug-likeness (QED) is 0.774. The third-order valence-corrected chi connectivity index (χ3v) is 4.38. The van der Waals surface area contributed by atoms with Crippen molar-refractivity contribution in [2.45, 2.75) is 52.7 Å². The van der Waals surface area contributed by atoms with E-state index in [1.54, 1.807) is 13.1 Å². The lowest BCUT2D eigenvalue weighted by molar-refractivity contribution is 0.270. The zero-order valence-corrected chi connectivity index (χ0v) is 12.5. The summed E-state index contributed by atoms with van der Waals surface area (Å²) in [7, 11) is 0. The lowest BCUT2D eigenvalue weighted by Gasteiger charge is -2.27. The third-order valence-electron chi connectivity index (χ3n) is 4.38. The first-order valence-electron chi connectivity index (χ1n) is 7.59. The summed E-state index contributed by atoms with van der Waals surface area (Å²) >= 11 is 0. The molecule has 0 amide bonds. The van der Waals surface area contributed by atoms with Crippen LogP contribution < -0.4 is 5.32 Å². The highest BCUT2D eigenvalue weighted by atomic mass is 16.3. The Morgan fingerprint density at radius 1 is 1.40 bits per heavy atom. The molecule has 4 heteroatoms. The molecule has 1 saturated carbocycles. The number of aliphatic hydroxyl groups is 1. The number of rotatable bonds is 5. The van der Waals surface area contributed by atoms with Crippen LogP contribution in [0.1, 0.15) is 49.4 Å². The van der Waals surface area contributed by atoms with Crippen LogP contribution in [-0.2, 0) is 13.2 Å². The smallest absolute Gasteiger partial charge is 0.141 e. The molecule has 0 aromatic carbocycles. The highest BCUT2D eigenvalue weighted by molar-refractivity contribution is 5.40. The summed E-state index contributed by atoms with van der Waals surface area (Å²) in [5, 5.41) is 22.8. The molecule has 2 unspecified atom stereocenters. The van der Waals surface area contributed by atoms with Crippen LogP contribution in [0.15, 0.2) is 6.20 Å². The van der Waals surface area contributed by atoms with Gasteiger partial charge in [0.1, 0.15) is 5.75 Å². The van der Waals surface area contributed by atoms with E-state index in [9.17, 15) is 10.2 Å². The minimum atomic E-state index is -0.0850. The number of hydrogen-bond donors (Lipinski definition) is 3. The highest BCUT2D eigenvalue weighted by Crippen LogP contribution is 2.28. The Kier molecular flexibility index (Phi) is 5.38. The van der Waals surface area contributed by atoms with E-state index < -0.39 is 0 Å². The summed E-state index contributed by atoms with van der Waals surface area (Å²) < 4.78 is 0. The molecule has 1 fully saturated rings. The number of aliphatic hydroxyl groups excluding tert-OH is 1. The zero-order chi connectivity index (χ0) is 14.5. The SMILES string of the molecule is Cc1ncc(CO)c(CNCC2CCCC(C)C2)c1O. The normalized spacial score (nSPS) is 22.9. The number of aryl methyl sites for hydroxylation is 1. The van der Waals surface area contributed by atoms with E-state index in [2.05, 4.69) is 17.2 Å². The number of pyridine rings is 1. The average molecular weight is 278 g/mol. The van der Waals surface area contributed by atoms with Crippen molar-refractivity contribution in [3.8, 4) is 5.75 Å². The second-order valence-electron chi connectivity index (χ2n) is 6.12. The van der Waals surface area contributed by atoms with Gasteiger partial charge in [0, 0.05) is 23.9 Å². The maximum Gasteiger partial charge on any atom is 0.141 e. The van der Waals surface area contributed by atoms with E-state index in [-0.39, 0.29) is 12.4 Å². The number of aromatic hydroxyl groups is 1. The molecule has 2 rings (SSSR count). The predicted molar refractivity (Wildman–Crippen MR) is 79.4 cm³/mol. The summed E-state index contributed by atoms with van der Waals surface area (Å²) in [6, 6.07) is 0. The van der Waals surface area contributed by atoms with Gasteiger partial charge in [0.15, 0.2) is 0 Å². The Labute approximate surface area is 121 Å². The van der Waals surface area contributed by atoms with E-state index in [4.69, 9.17) is 0 Å². The van der Waals surface area contributed by atoms with Crippen LogP contribution in [0.25, 0.3) is 0 Å². The molecule has 0 spiro atoms. The average Bonchev–Trinajstić information content (AvgIpc) is 2.44. The Morgan fingerprint density at radius 3 is 2.90 bits per heavy atom. The Balaban J connectivity index is 1.92. The standard InChI is InChI=1S/C16H26N2O2/c1-11-4-3-5-13(6-11)7-17-9-15-14(10-19)8-18-12(2)16(15)20/h8,11,13,17,19-20H,3-7,9-10H2,1-2H3. The number of nitrogens with one attached hydrogen (secondary N) is 1. The van der Waals surface area contributed by atoms with Crippen LogP contribution in [0, 0.1) is 18.8 Å². The lowest BCUT2D eigenvalue weighted by atomic mass is 9.82. The molecule has 3 N–H and O–H groups in total. The van der Waals surface area contributed by atoms with Crippen molar-refractivity contribution in [1.82, 2.24) is 10.3 Å². The van der Waals surface area contributed by atoms with Gasteiger partial charge in [-0.2, -0.15) is 0 Å². The number of hydrogen-bond acceptors (Lipinski definition) is 4. The molecule has 1 heterocycles. The van der Waals surface area contributed by atoms with Crippen molar-refractivity contribution < 1.29 is 10.2 Å². The van der Waals surface area contributed by atoms with Crippen LogP contribution in [0.5, 0.6) is 5.75 Å². The van der Waals surface area contributed by atoms with Crippen LogP contribution in [0.3, 0.4) is 0 Å². The monoisotopic (exact) mass is 278 g/mol. The molecule has 2 atom stereocenters. The van der Waals surface area contributed by atoms with E-state index in [1.165, 1.54) is 25.7 Å². The second kappa shape index (κ2) is 7.04. The molecule has 0 aliphatic heterocycles. The van der Waals surface area contributed by atoms with Crippen molar-refractivity contribution in [3.05, 3.63) is 23.0 Å². The molecular weight excluding hydrogens is 252 g/mol. The Morgan fingerprint density at radius 2 is 2.20 bits per heavy atom. The van der Waals surface area contributed by atoms with Crippen LogP contribution >= 0.6 is 0 Å². The van der Waals surface area contributed by atoms with Gasteiger partial charge in [-0.05, 0) is 38.1 Å². The molecule has 20 heavy (non-hydrogen) atoms. The molecular formula is C16H26N2O2. The van der Waals surface area contributed by atoms with Crippen molar-refractivity contribution >= 4 is 0 Å². The van der Waals surface area contributed by atoms with Crippen LogP contribution in [-0.4, -0.2) is 21.7 Å². The molecule has 1 aromatic heterocycles. The van der Waals surface area contributed by atoms with E-state index in [1.807, 2.05) is 0 Å². The van der Waals surface area contributed by atoms with Gasteiger partial charge in [-0.25, -0.2) is 0 Å². The summed E-state index contributed by atoms with van der Waals surface area (Å²) in [4.78, 5) is 4.08. The van der Waals surface area contributed by atoms with E-state index in [0.29, 0.717) is 17.8 Å². The summed E-state index contributed by atoms with van der Waals surface area (Å²) in [5.74, 6) is 1.78. The molecule has 0 saturated heterocycles. The topological polar surface area (TPSA) is 65.4 Å². The van der Waals surface area contributed by atoms with Gasteiger partial charge in [-0.1, -0.05) is 19.8 Å². The molecule has 112 valence electrons. The van der Waals surface area contributed by atoms with E-state index >= 15 is 0 Å². The van der Waals surface area contributed by atoms with Gasteiger partial charge in [0.05, 0.1) is 12.3 Å². The van der Waals surface area contributed by atoms with Gasteiger partial charge in [-0.15, -0.1) is 0 Å². The zero-order valence-electron chi connectivity index (χ0n) is 12.5. The first kappa shape index (κ1) is 15.3. The van der Waals surface area contributed by atoms with Gasteiger partial charge >= 0.3 is 0 Å². The minimum Gasteiger partial charge on any atom is -0.506 e. The Hall–Kier alpha value is -1.13. The first-order valence-corrected chi connectivity index (χ1v) is 7.59. The fraction of sp³-hybridized carbons (Fsp3) is 0.688. The van der Waals surface area contributed by atoms with Gasteiger partial charge in [0.25, 0.3) is 0 Å². The molecule has 1 aromatic rings. The van der Waals surface area contributed by atoms with Gasteiger partial charge in [0.2, 0.25) is 0 Å². The van der Waals surface area contributed by atoms with Gasteiger partial charge < -0.3 is 15.5 Å². The maximum atomic E-state index is 10.1. The predicted octanol–water partition coefficient (Wildman–Crippen LogP) is 2.50. The summed E-state index contributed by atoms with van der Waals surface area (Å²) in [5.41, 5.74) is 2.10. The first-order chi connectivity index (χ1) is 9.61. The Bertz CT molecular complexity index is 448. The maximum absolute atomic E-state index is 10.1. The number of aromatic nitrogens is 1. The fourth-order valence-corrected chi connectivity index (χ4v) is 3.16. The van der Waals surface area contributed by atoms with Gasteiger partial charge in [-0.3, -0.25) is 4.98 Å². The molecule has 1 aliphatic rings. The van der Waals surface area contributed by atoms with Crippen LogP contribution in [0.2, 0.25) is 0 Å². The van der Waals surface area contributed by atoms with Crippen molar-refractivity contribution in [3.63, 3.8) is 0 Å². The number of nitrogens with zero attached hydrogens (tertiary/aromatic N) is 1. The van der Waals surface area contributed by atoms with Crippen molar-refractivity contribution in [1.29, 1.82) is 0 Å². The summed E-state index contributed by atoms with van der Waals surface area (Å²) in [6.07, 6.45) is 6.92. The fourth-order valence-electron chi connectivity index (χ4n) is 3.16. The minimum absolute atomic E-state index is 0.0850. The van der Waals surface area contributed by atoms with E-state index in [0.717, 1.165) is 23.9 Å². The lowest BCUT2D eigenvalue weighted by Crippen LogP contribution is -2.26.